The van der Waals surface area contributed by atoms with Crippen LogP contribution in [0, 0.1) is 0 Å². The highest BCUT2D eigenvalue weighted by Gasteiger charge is 2.28. The Morgan fingerprint density at radius 2 is 1.62 bits per heavy atom. The number of anilines is 1. The van der Waals surface area contributed by atoms with E-state index in [0.717, 1.165) is 18.4 Å². The molecule has 2 N–H and O–H groups in total. The lowest BCUT2D eigenvalue weighted by atomic mass is 10.0. The number of rotatable bonds is 2. The van der Waals surface area contributed by atoms with E-state index in [2.05, 4.69) is 6.07 Å². The van der Waals surface area contributed by atoms with Gasteiger partial charge < -0.3 is 5.73 Å². The molecule has 2 aromatic rings. The maximum atomic E-state index is 12.8. The molecule has 0 bridgehead atoms. The summed E-state index contributed by atoms with van der Waals surface area (Å²) < 4.78 is 27.2. The number of aryl methyl sites for hydroxylation is 1. The van der Waals surface area contributed by atoms with Crippen molar-refractivity contribution in [3.63, 3.8) is 0 Å². The second-order valence-electron chi connectivity index (χ2n) is 5.25. The maximum absolute atomic E-state index is 12.8. The topological polar surface area (TPSA) is 63.4 Å². The van der Waals surface area contributed by atoms with Gasteiger partial charge in [-0.05, 0) is 36.1 Å². The first-order chi connectivity index (χ1) is 10.1. The van der Waals surface area contributed by atoms with E-state index >= 15 is 0 Å². The van der Waals surface area contributed by atoms with Crippen molar-refractivity contribution in [2.24, 2.45) is 0 Å². The summed E-state index contributed by atoms with van der Waals surface area (Å²) >= 11 is 0. The molecule has 5 heteroatoms. The molecule has 110 valence electrons. The van der Waals surface area contributed by atoms with Gasteiger partial charge in [0.15, 0.2) is 0 Å². The number of benzene rings is 2. The summed E-state index contributed by atoms with van der Waals surface area (Å²) in [5.74, 6) is 0. The first-order valence-corrected chi connectivity index (χ1v) is 8.44. The van der Waals surface area contributed by atoms with E-state index in [1.54, 1.807) is 24.3 Å². The molecule has 0 aromatic heterocycles. The van der Waals surface area contributed by atoms with Crippen LogP contribution >= 0.6 is 0 Å². The molecular weight excluding hydrogens is 284 g/mol. The molecule has 0 saturated heterocycles. The Bertz CT molecular complexity index is 756. The van der Waals surface area contributed by atoms with Gasteiger partial charge in [-0.3, -0.25) is 0 Å². The SMILES string of the molecule is Nc1ccccc1S(=O)(=O)N1CCCc2ccccc2C1. The molecule has 3 rings (SSSR count). The minimum absolute atomic E-state index is 0.199. The third-order valence-corrected chi connectivity index (χ3v) is 5.77. The van der Waals surface area contributed by atoms with Gasteiger partial charge in [0.1, 0.15) is 4.90 Å². The highest BCUT2D eigenvalue weighted by atomic mass is 32.2. The van der Waals surface area contributed by atoms with Crippen molar-refractivity contribution < 1.29 is 8.42 Å². The van der Waals surface area contributed by atoms with Crippen LogP contribution in [0.5, 0.6) is 0 Å². The first kappa shape index (κ1) is 14.1. The zero-order valence-corrected chi connectivity index (χ0v) is 12.5. The lowest BCUT2D eigenvalue weighted by molar-refractivity contribution is 0.410. The fourth-order valence-corrected chi connectivity index (χ4v) is 4.30. The molecule has 1 aliphatic rings. The molecule has 4 nitrogen and oxygen atoms in total. The van der Waals surface area contributed by atoms with Gasteiger partial charge in [0.05, 0.1) is 5.69 Å². The number of hydrogen-bond donors (Lipinski definition) is 1. The number of nitrogens with zero attached hydrogens (tertiary/aromatic N) is 1. The normalized spacial score (nSPS) is 16.2. The molecule has 0 amide bonds. The lowest BCUT2D eigenvalue weighted by Gasteiger charge is -2.21. The number of hydrogen-bond acceptors (Lipinski definition) is 3. The minimum atomic E-state index is -3.55. The molecule has 1 aliphatic heterocycles. The Kier molecular flexibility index (Phi) is 3.69. The number of fused-ring (bicyclic) bond motifs is 1. The molecule has 0 radical (unpaired) electrons. The maximum Gasteiger partial charge on any atom is 0.245 e. The third kappa shape index (κ3) is 2.66. The predicted octanol–water partition coefficient (Wildman–Crippen LogP) is 2.41. The number of nitrogens with two attached hydrogens (primary N) is 1. The standard InChI is InChI=1S/C16H18N2O2S/c17-15-9-3-4-10-16(15)21(19,20)18-11-5-8-13-6-1-2-7-14(13)12-18/h1-4,6-7,9-10H,5,8,11-12,17H2. The van der Waals surface area contributed by atoms with Crippen molar-refractivity contribution in [2.75, 3.05) is 12.3 Å². The summed E-state index contributed by atoms with van der Waals surface area (Å²) in [6.45, 7) is 0.929. The van der Waals surface area contributed by atoms with Gasteiger partial charge in [-0.2, -0.15) is 4.31 Å². The van der Waals surface area contributed by atoms with Crippen LogP contribution in [0.4, 0.5) is 5.69 Å². The Morgan fingerprint density at radius 1 is 0.952 bits per heavy atom. The zero-order chi connectivity index (χ0) is 14.9. The molecule has 0 spiro atoms. The smallest absolute Gasteiger partial charge is 0.245 e. The summed E-state index contributed by atoms with van der Waals surface area (Å²) in [6, 6.07) is 14.7. The Hall–Kier alpha value is -1.85. The van der Waals surface area contributed by atoms with Crippen LogP contribution in [0.25, 0.3) is 0 Å². The van der Waals surface area contributed by atoms with Crippen LogP contribution < -0.4 is 5.73 Å². The summed E-state index contributed by atoms with van der Waals surface area (Å²) in [5, 5.41) is 0. The minimum Gasteiger partial charge on any atom is -0.398 e. The molecule has 0 aliphatic carbocycles. The van der Waals surface area contributed by atoms with Crippen molar-refractivity contribution in [3.8, 4) is 0 Å². The van der Waals surface area contributed by atoms with Gasteiger partial charge in [0.2, 0.25) is 10.0 Å². The van der Waals surface area contributed by atoms with Gasteiger partial charge in [-0.25, -0.2) is 8.42 Å². The van der Waals surface area contributed by atoms with Crippen molar-refractivity contribution >= 4 is 15.7 Å². The fraction of sp³-hybridized carbons (Fsp3) is 0.250. The van der Waals surface area contributed by atoms with Crippen LogP contribution in [0.1, 0.15) is 17.5 Å². The van der Waals surface area contributed by atoms with Crippen LogP contribution in [0.2, 0.25) is 0 Å². The number of nitrogen functional groups attached to an aromatic ring is 1. The van der Waals surface area contributed by atoms with Crippen LogP contribution in [0.15, 0.2) is 53.4 Å². The Morgan fingerprint density at radius 3 is 2.38 bits per heavy atom. The average molecular weight is 302 g/mol. The number of sulfonamides is 1. The molecule has 2 aromatic carbocycles. The molecule has 21 heavy (non-hydrogen) atoms. The quantitative estimate of drug-likeness (QED) is 0.866. The lowest BCUT2D eigenvalue weighted by Crippen LogP contribution is -2.31. The van der Waals surface area contributed by atoms with E-state index < -0.39 is 10.0 Å². The predicted molar refractivity (Wildman–Crippen MR) is 83.2 cm³/mol. The summed E-state index contributed by atoms with van der Waals surface area (Å²) in [7, 11) is -3.55. The van der Waals surface area contributed by atoms with Gasteiger partial charge in [-0.1, -0.05) is 36.4 Å². The van der Waals surface area contributed by atoms with E-state index in [1.807, 2.05) is 18.2 Å². The Labute approximate surface area is 125 Å². The second kappa shape index (κ2) is 5.50. The van der Waals surface area contributed by atoms with Gasteiger partial charge in [0, 0.05) is 13.1 Å². The van der Waals surface area contributed by atoms with Crippen LogP contribution in [-0.2, 0) is 23.0 Å². The summed E-state index contributed by atoms with van der Waals surface area (Å²) in [4.78, 5) is 0.199. The first-order valence-electron chi connectivity index (χ1n) is 7.00. The third-order valence-electron chi connectivity index (χ3n) is 3.86. The summed E-state index contributed by atoms with van der Waals surface area (Å²) in [6.07, 6.45) is 1.73. The highest BCUT2D eigenvalue weighted by Crippen LogP contribution is 2.27. The van der Waals surface area contributed by atoms with Crippen LogP contribution in [0.3, 0.4) is 0 Å². The van der Waals surface area contributed by atoms with Crippen molar-refractivity contribution in [3.05, 3.63) is 59.7 Å². The molecule has 0 atom stereocenters. The zero-order valence-electron chi connectivity index (χ0n) is 11.7. The molecular formula is C16H18N2O2S. The molecule has 0 fully saturated rings. The van der Waals surface area contributed by atoms with Gasteiger partial charge in [-0.15, -0.1) is 0 Å². The van der Waals surface area contributed by atoms with E-state index in [-0.39, 0.29) is 4.90 Å². The van der Waals surface area contributed by atoms with E-state index in [0.29, 0.717) is 18.8 Å². The molecule has 1 heterocycles. The molecule has 0 saturated carbocycles. The summed E-state index contributed by atoms with van der Waals surface area (Å²) in [5.41, 5.74) is 8.45. The monoisotopic (exact) mass is 302 g/mol. The van der Waals surface area contributed by atoms with Crippen molar-refractivity contribution in [1.82, 2.24) is 4.31 Å². The van der Waals surface area contributed by atoms with E-state index in [4.69, 9.17) is 5.73 Å². The van der Waals surface area contributed by atoms with E-state index in [9.17, 15) is 8.42 Å². The van der Waals surface area contributed by atoms with Gasteiger partial charge in [0.25, 0.3) is 0 Å². The van der Waals surface area contributed by atoms with Gasteiger partial charge >= 0.3 is 0 Å². The Balaban J connectivity index is 1.99. The van der Waals surface area contributed by atoms with Crippen molar-refractivity contribution in [1.29, 1.82) is 0 Å². The van der Waals surface area contributed by atoms with Crippen LogP contribution in [-0.4, -0.2) is 19.3 Å². The second-order valence-corrected chi connectivity index (χ2v) is 7.16. The fourth-order valence-electron chi connectivity index (χ4n) is 2.73. The molecule has 0 unspecified atom stereocenters. The van der Waals surface area contributed by atoms with E-state index in [1.165, 1.54) is 9.87 Å². The highest BCUT2D eigenvalue weighted by molar-refractivity contribution is 7.89. The number of para-hydroxylation sites is 1. The van der Waals surface area contributed by atoms with Crippen molar-refractivity contribution in [2.45, 2.75) is 24.3 Å². The largest absolute Gasteiger partial charge is 0.398 e. The average Bonchev–Trinajstić information content (AvgIpc) is 2.70.